The molecule has 0 heterocycles. The summed E-state index contributed by atoms with van der Waals surface area (Å²) in [5.74, 6) is -2.62. The minimum absolute atomic E-state index is 0.503. The van der Waals surface area contributed by atoms with Gasteiger partial charge in [-0.15, -0.1) is 0 Å². The van der Waals surface area contributed by atoms with E-state index in [1.165, 1.54) is 0 Å². The molecule has 22 heavy (non-hydrogen) atoms. The molecule has 0 amide bonds. The summed E-state index contributed by atoms with van der Waals surface area (Å²) in [5.41, 5.74) is 0. The van der Waals surface area contributed by atoms with Crippen LogP contribution in [0.25, 0.3) is 0 Å². The van der Waals surface area contributed by atoms with Crippen LogP contribution in [0.5, 0.6) is 0 Å². The zero-order valence-electron chi connectivity index (χ0n) is 14.2. The molecule has 0 rings (SSSR count). The summed E-state index contributed by atoms with van der Waals surface area (Å²) in [5, 5.41) is 2.01. The minimum atomic E-state index is -4.36. The van der Waals surface area contributed by atoms with Gasteiger partial charge in [0.25, 0.3) is 0 Å². The van der Waals surface area contributed by atoms with Crippen LogP contribution in [-0.4, -0.2) is 39.2 Å². The van der Waals surface area contributed by atoms with E-state index in [4.69, 9.17) is 0 Å². The van der Waals surface area contributed by atoms with Crippen molar-refractivity contribution in [1.82, 2.24) is 0 Å². The molecule has 0 aromatic heterocycles. The molecule has 0 aliphatic carbocycles. The maximum absolute atomic E-state index is 12.0. The van der Waals surface area contributed by atoms with Crippen molar-refractivity contribution in [2.24, 2.45) is 0 Å². The Hall–Kier alpha value is -0.371. The summed E-state index contributed by atoms with van der Waals surface area (Å²) in [6.45, 7) is 6.16. The third-order valence-corrected chi connectivity index (χ3v) is 24.3. The molecule has 0 saturated carbocycles. The van der Waals surface area contributed by atoms with E-state index in [-0.39, 0.29) is 0 Å². The van der Waals surface area contributed by atoms with Crippen molar-refractivity contribution in [3.05, 3.63) is 0 Å². The molecule has 0 fully saturated rings. The normalized spacial score (nSPS) is 14.6. The molecule has 4 nitrogen and oxygen atoms in total. The SMILES string of the molecule is CCCC[PH](CCCC)(CCCC)[Fe]([CH]=O)([CH]=O)([CH]=O)[CH]=O. The monoisotopic (exact) mass is 375 g/mol. The molecule has 6 heteroatoms. The molecule has 0 aliphatic heterocycles. The number of carbonyl (C=O) groups excluding carboxylic acids is 4. The fourth-order valence-electron chi connectivity index (χ4n) is 2.93. The molecule has 0 N–H and O–H groups in total. The standard InChI is InChI=1S/C12H27P.4CHO.Fe/c1-4-7-10-13(11-8-5-2)12-9-6-3;4*1-2;/h4-12H2,1-3H3;4*1H;/q;;;;;-1/p+1. The van der Waals surface area contributed by atoms with E-state index in [1.54, 1.807) is 0 Å². The first kappa shape index (κ1) is 21.6. The van der Waals surface area contributed by atoms with Gasteiger partial charge in [-0.2, -0.15) is 0 Å². The van der Waals surface area contributed by atoms with E-state index in [2.05, 4.69) is 20.8 Å². The van der Waals surface area contributed by atoms with Gasteiger partial charge in [0.15, 0.2) is 0 Å². The van der Waals surface area contributed by atoms with Crippen LogP contribution in [0.1, 0.15) is 59.3 Å². The Bertz CT molecular complexity index is 332. The van der Waals surface area contributed by atoms with Gasteiger partial charge in [0.05, 0.1) is 0 Å². The predicted octanol–water partition coefficient (Wildman–Crippen LogP) is 3.50. The zero-order valence-corrected chi connectivity index (χ0v) is 16.3. The fraction of sp³-hybridized carbons (Fsp3) is 0.750. The Labute approximate surface area is 135 Å². The molecule has 0 spiro atoms. The van der Waals surface area contributed by atoms with Crippen LogP contribution < -0.4 is 0 Å². The Morgan fingerprint density at radius 2 is 0.909 bits per heavy atom. The molecule has 0 aliphatic rings. The molecule has 0 aromatic carbocycles. The van der Waals surface area contributed by atoms with Crippen LogP contribution >= 0.6 is 5.95 Å². The van der Waals surface area contributed by atoms with E-state index < -0.39 is 17.3 Å². The average Bonchev–Trinajstić information content (AvgIpc) is 2.58. The van der Waals surface area contributed by atoms with Gasteiger partial charge in [0.1, 0.15) is 0 Å². The molecule has 0 atom stereocenters. The molecule has 0 aromatic rings. The summed E-state index contributed by atoms with van der Waals surface area (Å²) < 4.78 is 0. The van der Waals surface area contributed by atoms with Crippen LogP contribution in [0.2, 0.25) is 0 Å². The van der Waals surface area contributed by atoms with Crippen molar-refractivity contribution in [3.8, 4) is 0 Å². The van der Waals surface area contributed by atoms with Crippen molar-refractivity contribution in [2.45, 2.75) is 59.3 Å². The van der Waals surface area contributed by atoms with Crippen LogP contribution in [-0.2, 0) is 30.5 Å². The third-order valence-electron chi connectivity index (χ3n) is 4.53. The Kier molecular flexibility index (Phi) is 9.53. The van der Waals surface area contributed by atoms with E-state index in [9.17, 15) is 19.2 Å². The zero-order chi connectivity index (χ0) is 17.1. The molecule has 133 valence electrons. The first-order chi connectivity index (χ1) is 10.5. The first-order valence-electron chi connectivity index (χ1n) is 8.12. The number of carbonyl (C=O) groups is 4. The summed E-state index contributed by atoms with van der Waals surface area (Å²) in [4.78, 5) is 47.9. The average molecular weight is 375 g/mol. The molecule has 0 bridgehead atoms. The summed E-state index contributed by atoms with van der Waals surface area (Å²) >= 11 is -4.36. The third kappa shape index (κ3) is 3.75. The second kappa shape index (κ2) is 9.70. The van der Waals surface area contributed by atoms with Crippen molar-refractivity contribution in [3.63, 3.8) is 0 Å². The van der Waals surface area contributed by atoms with Crippen molar-refractivity contribution in [2.75, 3.05) is 18.5 Å². The van der Waals surface area contributed by atoms with E-state index in [1.807, 2.05) is 0 Å². The summed E-state index contributed by atoms with van der Waals surface area (Å²) in [6.07, 6.45) is 7.67. The topological polar surface area (TPSA) is 68.3 Å². The molecule has 0 radical (unpaired) electrons. The molecule has 0 saturated heterocycles. The van der Waals surface area contributed by atoms with E-state index >= 15 is 0 Å². The Morgan fingerprint density at radius 3 is 1.09 bits per heavy atom. The van der Waals surface area contributed by atoms with Gasteiger partial charge in [0.2, 0.25) is 0 Å². The van der Waals surface area contributed by atoms with Crippen LogP contribution in [0, 0.1) is 0 Å². The fourth-order valence-corrected chi connectivity index (χ4v) is 19.7. The second-order valence-electron chi connectivity index (χ2n) is 5.88. The van der Waals surface area contributed by atoms with Crippen LogP contribution in [0.15, 0.2) is 0 Å². The van der Waals surface area contributed by atoms with Gasteiger partial charge >= 0.3 is 135 Å². The Balaban J connectivity index is 6.23. The number of rotatable bonds is 14. The van der Waals surface area contributed by atoms with Crippen molar-refractivity contribution < 1.29 is 30.5 Å². The van der Waals surface area contributed by atoms with Crippen LogP contribution in [0.4, 0.5) is 0 Å². The maximum atomic E-state index is 12.0. The van der Waals surface area contributed by atoms with E-state index in [0.29, 0.717) is 20.7 Å². The Morgan fingerprint density at radius 1 is 0.636 bits per heavy atom. The molecular weight excluding hydrogens is 343 g/mol. The molecule has 0 unspecified atom stereocenters. The van der Waals surface area contributed by atoms with Gasteiger partial charge < -0.3 is 0 Å². The van der Waals surface area contributed by atoms with Gasteiger partial charge in [-0.05, 0) is 0 Å². The second-order valence-corrected chi connectivity index (χ2v) is 21.0. The number of hydrogen-bond donors (Lipinski definition) is 0. The van der Waals surface area contributed by atoms with Gasteiger partial charge in [0, 0.05) is 0 Å². The van der Waals surface area contributed by atoms with Crippen LogP contribution in [0.3, 0.4) is 0 Å². The van der Waals surface area contributed by atoms with Gasteiger partial charge in [-0.1, -0.05) is 0 Å². The van der Waals surface area contributed by atoms with Crippen molar-refractivity contribution >= 4 is 26.7 Å². The summed E-state index contributed by atoms with van der Waals surface area (Å²) in [7, 11) is 0. The number of hydrogen-bond acceptors (Lipinski definition) is 4. The van der Waals surface area contributed by atoms with E-state index in [0.717, 1.165) is 57.0 Å². The molecular formula is C16H32FeO4P. The van der Waals surface area contributed by atoms with Gasteiger partial charge in [-0.3, -0.25) is 0 Å². The van der Waals surface area contributed by atoms with Gasteiger partial charge in [-0.25, -0.2) is 0 Å². The summed E-state index contributed by atoms with van der Waals surface area (Å²) in [6, 6.07) is 0. The predicted molar refractivity (Wildman–Crippen MR) is 94.6 cm³/mol. The first-order valence-corrected chi connectivity index (χ1v) is 14.8. The quantitative estimate of drug-likeness (QED) is 0.265. The number of unbranched alkanes of at least 4 members (excludes halogenated alkanes) is 3. The van der Waals surface area contributed by atoms with Crippen molar-refractivity contribution in [1.29, 1.82) is 0 Å².